The van der Waals surface area contributed by atoms with Gasteiger partial charge in [-0.15, -0.1) is 0 Å². The van der Waals surface area contributed by atoms with Gasteiger partial charge < -0.3 is 4.90 Å². The minimum absolute atomic E-state index is 0.792. The fourth-order valence-corrected chi connectivity index (χ4v) is 4.82. The third-order valence-electron chi connectivity index (χ3n) is 5.34. The first-order valence-electron chi connectivity index (χ1n) is 10.9. The Morgan fingerprint density at radius 3 is 1.87 bits per heavy atom. The van der Waals surface area contributed by atoms with Gasteiger partial charge in [0.1, 0.15) is 13.5 Å². The summed E-state index contributed by atoms with van der Waals surface area (Å²) < 4.78 is 0. The maximum absolute atomic E-state index is 9.35. The average Bonchev–Trinajstić information content (AvgIpc) is 2.86. The first-order valence-corrected chi connectivity index (χ1v) is 13.7. The Morgan fingerprint density at radius 1 is 0.839 bits per heavy atom. The van der Waals surface area contributed by atoms with Gasteiger partial charge in [-0.05, 0) is 12.5 Å². The van der Waals surface area contributed by atoms with Crippen molar-refractivity contribution in [3.63, 3.8) is 0 Å². The molecule has 1 aliphatic rings. The first kappa shape index (κ1) is 24.9. The van der Waals surface area contributed by atoms with E-state index < -0.39 is 7.26 Å². The molecule has 1 aliphatic heterocycles. The minimum atomic E-state index is -1.32. The summed E-state index contributed by atoms with van der Waals surface area (Å²) in [6.07, 6.45) is 9.01. The summed E-state index contributed by atoms with van der Waals surface area (Å²) in [5.41, 5.74) is 5.64. The summed E-state index contributed by atoms with van der Waals surface area (Å²) in [7, 11) is -1.32. The van der Waals surface area contributed by atoms with Gasteiger partial charge in [-0.3, -0.25) is 9.80 Å². The highest BCUT2D eigenvalue weighted by molar-refractivity contribution is 7.79. The van der Waals surface area contributed by atoms with Gasteiger partial charge in [-0.25, -0.2) is 0 Å². The molecule has 3 rings (SSSR count). The molecular formula is C26H36N4P+. The van der Waals surface area contributed by atoms with Crippen LogP contribution in [0.3, 0.4) is 0 Å². The van der Waals surface area contributed by atoms with E-state index in [9.17, 15) is 5.26 Å². The molecular weight excluding hydrogens is 399 g/mol. The molecule has 2 aromatic carbocycles. The molecule has 31 heavy (non-hydrogen) atoms. The van der Waals surface area contributed by atoms with Gasteiger partial charge in [-0.1, -0.05) is 72.7 Å². The highest BCUT2D eigenvalue weighted by atomic mass is 31.2. The van der Waals surface area contributed by atoms with E-state index >= 15 is 0 Å². The van der Waals surface area contributed by atoms with E-state index in [0.29, 0.717) is 0 Å². The number of hydrogen-bond acceptors (Lipinski definition) is 4. The van der Waals surface area contributed by atoms with E-state index in [1.165, 1.54) is 11.1 Å². The van der Waals surface area contributed by atoms with Crippen LogP contribution in [-0.2, 0) is 6.54 Å². The van der Waals surface area contributed by atoms with Gasteiger partial charge in [0.2, 0.25) is 0 Å². The van der Waals surface area contributed by atoms with Crippen molar-refractivity contribution in [3.8, 4) is 18.3 Å². The fourth-order valence-electron chi connectivity index (χ4n) is 3.46. The Balaban J connectivity index is 0.000000412. The topological polar surface area (TPSA) is 33.5 Å². The molecule has 0 atom stereocenters. The van der Waals surface area contributed by atoms with Crippen LogP contribution in [0.15, 0.2) is 60.7 Å². The summed E-state index contributed by atoms with van der Waals surface area (Å²) >= 11 is 0. The largest absolute Gasteiger partial charge is 0.308 e. The molecule has 0 bridgehead atoms. The van der Waals surface area contributed by atoms with Gasteiger partial charge in [0, 0.05) is 45.8 Å². The summed E-state index contributed by atoms with van der Waals surface area (Å²) in [5.74, 6) is 0. The molecule has 0 saturated carbocycles. The monoisotopic (exact) mass is 435 g/mol. The van der Waals surface area contributed by atoms with Crippen molar-refractivity contribution in [1.82, 2.24) is 14.7 Å². The Labute approximate surface area is 189 Å². The number of hydrogen-bond donors (Lipinski definition) is 0. The normalized spacial score (nSPS) is 16.0. The lowest BCUT2D eigenvalue weighted by atomic mass is 10.2. The van der Waals surface area contributed by atoms with Crippen LogP contribution in [0.2, 0.25) is 0 Å². The highest BCUT2D eigenvalue weighted by Gasteiger charge is 2.27. The van der Waals surface area contributed by atoms with E-state index in [2.05, 4.69) is 78.3 Å². The zero-order valence-corrected chi connectivity index (χ0v) is 20.1. The van der Waals surface area contributed by atoms with Crippen molar-refractivity contribution in [2.75, 3.05) is 58.9 Å². The van der Waals surface area contributed by atoms with Gasteiger partial charge >= 0.3 is 0 Å². The molecule has 1 saturated heterocycles. The van der Waals surface area contributed by atoms with Crippen LogP contribution in [0, 0.1) is 30.5 Å². The molecule has 164 valence electrons. The molecule has 2 aromatic rings. The number of terminal acetylenes is 1. The summed E-state index contributed by atoms with van der Waals surface area (Å²) in [4.78, 5) is 6.76. The second-order valence-corrected chi connectivity index (χ2v) is 12.5. The Bertz CT molecular complexity index is 839. The van der Waals surface area contributed by atoms with Crippen LogP contribution in [0.5, 0.6) is 0 Å². The van der Waals surface area contributed by atoms with E-state index in [0.717, 1.165) is 52.1 Å². The van der Waals surface area contributed by atoms with Gasteiger partial charge in [-0.2, -0.15) is 5.26 Å². The third-order valence-corrected chi connectivity index (χ3v) is 7.14. The van der Waals surface area contributed by atoms with E-state index in [1.807, 2.05) is 29.2 Å². The van der Waals surface area contributed by atoms with Gasteiger partial charge in [0.25, 0.3) is 0 Å². The van der Waals surface area contributed by atoms with Crippen molar-refractivity contribution in [2.24, 2.45) is 0 Å². The average molecular weight is 436 g/mol. The lowest BCUT2D eigenvalue weighted by molar-refractivity contribution is 0.228. The van der Waals surface area contributed by atoms with E-state index in [1.54, 1.807) is 0 Å². The fraction of sp³-hybridized carbons (Fsp3) is 0.423. The molecule has 0 spiro atoms. The first-order chi connectivity index (χ1) is 14.9. The molecule has 4 nitrogen and oxygen atoms in total. The van der Waals surface area contributed by atoms with Crippen LogP contribution in [0.1, 0.15) is 11.1 Å². The molecule has 0 aliphatic carbocycles. The summed E-state index contributed by atoms with van der Waals surface area (Å²) in [6.45, 7) is 12.9. The van der Waals surface area contributed by atoms with E-state index in [-0.39, 0.29) is 0 Å². The van der Waals surface area contributed by atoms with Crippen LogP contribution < -0.4 is 0 Å². The van der Waals surface area contributed by atoms with Crippen molar-refractivity contribution < 1.29 is 0 Å². The van der Waals surface area contributed by atoms with Crippen LogP contribution in [0.25, 0.3) is 0 Å². The highest BCUT2D eigenvalue weighted by Crippen LogP contribution is 2.49. The summed E-state index contributed by atoms with van der Waals surface area (Å²) in [5, 5.41) is 9.35. The van der Waals surface area contributed by atoms with Crippen LogP contribution >= 0.6 is 7.26 Å². The molecule has 0 aromatic heterocycles. The van der Waals surface area contributed by atoms with Crippen molar-refractivity contribution in [2.45, 2.75) is 13.5 Å². The molecule has 5 heteroatoms. The van der Waals surface area contributed by atoms with Crippen LogP contribution in [-0.4, -0.2) is 73.6 Å². The van der Waals surface area contributed by atoms with Gasteiger partial charge in [0.05, 0.1) is 19.0 Å². The zero-order valence-electron chi connectivity index (χ0n) is 19.2. The van der Waals surface area contributed by atoms with E-state index in [4.69, 9.17) is 6.42 Å². The molecule has 0 N–H and O–H groups in total. The lowest BCUT2D eigenvalue weighted by Gasteiger charge is -2.26. The number of rotatable bonds is 4. The Morgan fingerprint density at radius 2 is 1.35 bits per heavy atom. The minimum Gasteiger partial charge on any atom is -0.308 e. The maximum atomic E-state index is 9.35. The number of nitriles is 1. The van der Waals surface area contributed by atoms with Crippen molar-refractivity contribution in [3.05, 3.63) is 71.8 Å². The predicted molar refractivity (Wildman–Crippen MR) is 134 cm³/mol. The predicted octanol–water partition coefficient (Wildman–Crippen LogP) is 4.41. The van der Waals surface area contributed by atoms with Crippen molar-refractivity contribution >= 4 is 7.26 Å². The van der Waals surface area contributed by atoms with Crippen molar-refractivity contribution in [1.29, 1.82) is 5.26 Å². The quantitative estimate of drug-likeness (QED) is 0.405. The second-order valence-electron chi connectivity index (χ2n) is 8.58. The lowest BCUT2D eigenvalue weighted by Crippen LogP contribution is -2.36. The zero-order chi connectivity index (χ0) is 22.5. The summed E-state index contributed by atoms with van der Waals surface area (Å²) in [6, 6.07) is 20.8. The molecule has 0 amide bonds. The molecule has 0 unspecified atom stereocenters. The SMILES string of the molecule is C#C[P+](C)(C)CN1CCN(C#N)CCN(Cc2ccccc2)CC1.Cc1ccccc1. The Kier molecular flexibility index (Phi) is 10.6. The number of nitrogens with zero attached hydrogens (tertiary/aromatic N) is 4. The number of aryl methyl sites for hydroxylation is 1. The molecule has 0 radical (unpaired) electrons. The smallest absolute Gasteiger partial charge is 0.179 e. The molecule has 1 fully saturated rings. The standard InChI is InChI=1S/C19H28N4P.C7H8/c1-4-24(2,3)18-23-14-11-21(10-12-22(17-20)13-15-23)16-19-8-6-5-7-9-19;1-7-5-3-2-4-6-7/h1,5-9H,10-16,18H2,2-3H3;2-6H,1H3/q+1;. The third kappa shape index (κ3) is 9.99. The van der Waals surface area contributed by atoms with Crippen LogP contribution in [0.4, 0.5) is 0 Å². The Hall–Kier alpha value is -2.36. The molecule has 1 heterocycles. The van der Waals surface area contributed by atoms with Gasteiger partial charge in [0.15, 0.2) is 6.19 Å². The maximum Gasteiger partial charge on any atom is 0.179 e. The number of benzene rings is 2. The second kappa shape index (κ2) is 13.1.